The van der Waals surface area contributed by atoms with Crippen molar-refractivity contribution in [1.29, 1.82) is 0 Å². The Kier molecular flexibility index (Phi) is 9.65. The van der Waals surface area contributed by atoms with Crippen molar-refractivity contribution in [3.63, 3.8) is 0 Å². The molecule has 0 aliphatic carbocycles. The van der Waals surface area contributed by atoms with E-state index in [0.29, 0.717) is 5.92 Å². The number of hydrogen-bond acceptors (Lipinski definition) is 1. The molecule has 90 valence electrons. The van der Waals surface area contributed by atoms with E-state index in [1.165, 1.54) is 38.5 Å². The first kappa shape index (κ1) is 14.5. The maximum Gasteiger partial charge on any atom is 0.164 e. The molecule has 2 heteroatoms. The smallest absolute Gasteiger partial charge is 0.164 e. The molecule has 0 rings (SSSR count). The maximum atomic E-state index is 10.6. The van der Waals surface area contributed by atoms with Crippen LogP contribution < -0.4 is 5.16 Å². The van der Waals surface area contributed by atoms with Crippen molar-refractivity contribution in [3.05, 3.63) is 5.21 Å². The van der Waals surface area contributed by atoms with E-state index >= 15 is 0 Å². The molecule has 0 unspecified atom stereocenters. The van der Waals surface area contributed by atoms with Crippen LogP contribution in [0.4, 0.5) is 0 Å². The Morgan fingerprint density at radius 3 is 2.00 bits per heavy atom. The molecule has 0 aliphatic heterocycles. The highest BCUT2D eigenvalue weighted by atomic mass is 16.4. The Hall–Kier alpha value is -0.530. The van der Waals surface area contributed by atoms with E-state index < -0.39 is 0 Å². The molecule has 0 bridgehead atoms. The second-order valence-electron chi connectivity index (χ2n) is 4.65. The van der Waals surface area contributed by atoms with Crippen LogP contribution in [-0.4, -0.2) is 5.71 Å². The van der Waals surface area contributed by atoms with Crippen molar-refractivity contribution in [1.82, 2.24) is 0 Å². The van der Waals surface area contributed by atoms with Gasteiger partial charge in [0.25, 0.3) is 0 Å². The lowest BCUT2D eigenvalue weighted by molar-refractivity contribution is -0.378. The Morgan fingerprint density at radius 2 is 1.53 bits per heavy atom. The molecule has 0 radical (unpaired) electrons. The predicted molar refractivity (Wildman–Crippen MR) is 66.8 cm³/mol. The second kappa shape index (κ2) is 10.0. The zero-order chi connectivity index (χ0) is 11.5. The Morgan fingerprint density at radius 1 is 1.00 bits per heavy atom. The van der Waals surface area contributed by atoms with Gasteiger partial charge in [-0.15, -0.1) is 0 Å². The van der Waals surface area contributed by atoms with Gasteiger partial charge in [0.05, 0.1) is 0 Å². The fourth-order valence-electron chi connectivity index (χ4n) is 1.73. The highest BCUT2D eigenvalue weighted by molar-refractivity contribution is 5.80. The average molecular weight is 213 g/mol. The monoisotopic (exact) mass is 213 g/mol. The van der Waals surface area contributed by atoms with E-state index in [1.54, 1.807) is 0 Å². The van der Waals surface area contributed by atoms with Gasteiger partial charge >= 0.3 is 0 Å². The summed E-state index contributed by atoms with van der Waals surface area (Å²) < 4.78 is 0. The third-order valence-electron chi connectivity index (χ3n) is 2.88. The molecule has 0 atom stereocenters. The summed E-state index contributed by atoms with van der Waals surface area (Å²) in [5, 5.41) is 12.7. The molecule has 0 fully saturated rings. The van der Waals surface area contributed by atoms with Crippen molar-refractivity contribution in [2.24, 2.45) is 5.92 Å². The summed E-state index contributed by atoms with van der Waals surface area (Å²) in [5.41, 5.74) is 0.962. The van der Waals surface area contributed by atoms with Gasteiger partial charge in [-0.25, -0.2) is 5.16 Å². The van der Waals surface area contributed by atoms with Crippen molar-refractivity contribution < 1.29 is 5.16 Å². The molecule has 15 heavy (non-hydrogen) atoms. The molecule has 0 aliphatic rings. The van der Waals surface area contributed by atoms with Crippen LogP contribution in [0.3, 0.4) is 0 Å². The first-order chi connectivity index (χ1) is 7.22. The van der Waals surface area contributed by atoms with E-state index in [2.05, 4.69) is 25.9 Å². The molecule has 0 aromatic rings. The zero-order valence-corrected chi connectivity index (χ0v) is 10.6. The lowest BCUT2D eigenvalue weighted by Crippen LogP contribution is -2.66. The molecule has 1 N–H and O–H groups in total. The molecule has 0 aromatic carbocycles. The van der Waals surface area contributed by atoms with Crippen molar-refractivity contribution in [2.45, 2.75) is 72.1 Å². The summed E-state index contributed by atoms with van der Waals surface area (Å²) in [5.74, 6) is 0.377. The number of nitrogens with one attached hydrogen (secondary N) is 1. The normalized spacial score (nSPS) is 12.4. The van der Waals surface area contributed by atoms with Gasteiger partial charge in [-0.2, -0.15) is 0 Å². The number of hydrogen-bond donors (Lipinski definition) is 1. The third kappa shape index (κ3) is 8.46. The highest BCUT2D eigenvalue weighted by Crippen LogP contribution is 2.09. The first-order valence-electron chi connectivity index (χ1n) is 6.46. The van der Waals surface area contributed by atoms with E-state index in [9.17, 15) is 5.21 Å². The summed E-state index contributed by atoms with van der Waals surface area (Å²) in [7, 11) is 0. The molecular formula is C13H27NO. The van der Waals surface area contributed by atoms with Gasteiger partial charge in [0.1, 0.15) is 0 Å². The summed E-state index contributed by atoms with van der Waals surface area (Å²) >= 11 is 0. The number of rotatable bonds is 9. The van der Waals surface area contributed by atoms with Crippen LogP contribution in [0.5, 0.6) is 0 Å². The third-order valence-corrected chi connectivity index (χ3v) is 2.88. The fraction of sp³-hybridized carbons (Fsp3) is 0.923. The molecule has 0 saturated heterocycles. The summed E-state index contributed by atoms with van der Waals surface area (Å²) in [6.07, 6.45) is 10.1. The van der Waals surface area contributed by atoms with Crippen LogP contribution in [0.1, 0.15) is 72.1 Å². The van der Waals surface area contributed by atoms with E-state index in [0.717, 1.165) is 18.6 Å². The molecule has 0 spiro atoms. The Labute approximate surface area is 94.8 Å². The summed E-state index contributed by atoms with van der Waals surface area (Å²) in [4.78, 5) is 0. The Balaban J connectivity index is 3.30. The lowest BCUT2D eigenvalue weighted by Gasteiger charge is -2.05. The minimum absolute atomic E-state index is 0.377. The molecule has 0 aromatic heterocycles. The molecule has 0 saturated carbocycles. The van der Waals surface area contributed by atoms with Crippen LogP contribution >= 0.6 is 0 Å². The maximum absolute atomic E-state index is 10.6. The molecular weight excluding hydrogens is 186 g/mol. The van der Waals surface area contributed by atoms with Gasteiger partial charge in [-0.1, -0.05) is 59.3 Å². The predicted octanol–water partition coefficient (Wildman–Crippen LogP) is 2.80. The SMILES string of the molecule is CCCCCCCCCC(=[NH+][O-])C(C)C. The summed E-state index contributed by atoms with van der Waals surface area (Å²) in [6.45, 7) is 6.38. The van der Waals surface area contributed by atoms with Gasteiger partial charge in [0.2, 0.25) is 0 Å². The largest absolute Gasteiger partial charge is 0.625 e. The van der Waals surface area contributed by atoms with Crippen LogP contribution in [0.15, 0.2) is 0 Å². The van der Waals surface area contributed by atoms with E-state index in [-0.39, 0.29) is 0 Å². The standard InChI is InChI=1S/C13H27NO/c1-4-5-6-7-8-9-10-11-13(14-15)12(2)3/h12,14H,4-11H2,1-3H3. The van der Waals surface area contributed by atoms with Gasteiger partial charge in [0.15, 0.2) is 5.71 Å². The minimum atomic E-state index is 0.377. The topological polar surface area (TPSA) is 37.0 Å². The average Bonchev–Trinajstić information content (AvgIpc) is 2.21. The van der Waals surface area contributed by atoms with Crippen LogP contribution in [0, 0.1) is 11.1 Å². The van der Waals surface area contributed by atoms with Crippen molar-refractivity contribution in [2.75, 3.05) is 0 Å². The van der Waals surface area contributed by atoms with Gasteiger partial charge < -0.3 is 5.21 Å². The van der Waals surface area contributed by atoms with Crippen molar-refractivity contribution in [3.8, 4) is 0 Å². The van der Waals surface area contributed by atoms with Gasteiger partial charge in [0, 0.05) is 12.3 Å². The van der Waals surface area contributed by atoms with Crippen LogP contribution in [0.25, 0.3) is 0 Å². The van der Waals surface area contributed by atoms with Crippen LogP contribution in [0.2, 0.25) is 0 Å². The first-order valence-corrected chi connectivity index (χ1v) is 6.46. The summed E-state index contributed by atoms with van der Waals surface area (Å²) in [6, 6.07) is 0. The van der Waals surface area contributed by atoms with Gasteiger partial charge in [-0.3, -0.25) is 0 Å². The van der Waals surface area contributed by atoms with Crippen molar-refractivity contribution >= 4 is 5.71 Å². The second-order valence-corrected chi connectivity index (χ2v) is 4.65. The minimum Gasteiger partial charge on any atom is -0.625 e. The lowest BCUT2D eigenvalue weighted by atomic mass is 10.0. The quantitative estimate of drug-likeness (QED) is 0.272. The van der Waals surface area contributed by atoms with Gasteiger partial charge in [-0.05, 0) is 6.42 Å². The van der Waals surface area contributed by atoms with Crippen LogP contribution in [-0.2, 0) is 0 Å². The van der Waals surface area contributed by atoms with E-state index in [1.807, 2.05) is 0 Å². The molecule has 0 heterocycles. The fourth-order valence-corrected chi connectivity index (χ4v) is 1.73. The zero-order valence-electron chi connectivity index (χ0n) is 10.6. The highest BCUT2D eigenvalue weighted by Gasteiger charge is 2.08. The molecule has 0 amide bonds. The number of unbranched alkanes of at least 4 members (excludes halogenated alkanes) is 6. The molecule has 2 nitrogen and oxygen atoms in total. The Bertz CT molecular complexity index is 164. The van der Waals surface area contributed by atoms with E-state index in [4.69, 9.17) is 0 Å².